The van der Waals surface area contributed by atoms with Crippen LogP contribution in [0.3, 0.4) is 0 Å². The highest BCUT2D eigenvalue weighted by atomic mass is 79.9. The van der Waals surface area contributed by atoms with Crippen molar-refractivity contribution in [2.24, 2.45) is 0 Å². The van der Waals surface area contributed by atoms with Crippen LogP contribution in [0.4, 0.5) is 5.69 Å². The lowest BCUT2D eigenvalue weighted by molar-refractivity contribution is 0.0996. The number of hydrogen-bond acceptors (Lipinski definition) is 2. The Bertz CT molecular complexity index is 506. The second kappa shape index (κ2) is 4.53. The van der Waals surface area contributed by atoms with E-state index in [0.29, 0.717) is 5.76 Å². The first-order valence-corrected chi connectivity index (χ1v) is 5.57. The Hall–Kier alpha value is -1.55. The number of rotatable bonds is 2. The van der Waals surface area contributed by atoms with Gasteiger partial charge in [-0.1, -0.05) is 6.07 Å². The fourth-order valence-electron chi connectivity index (χ4n) is 1.31. The van der Waals surface area contributed by atoms with Crippen molar-refractivity contribution in [1.82, 2.24) is 0 Å². The van der Waals surface area contributed by atoms with Gasteiger partial charge in [-0.15, -0.1) is 0 Å². The van der Waals surface area contributed by atoms with Crippen molar-refractivity contribution in [2.45, 2.75) is 6.92 Å². The van der Waals surface area contributed by atoms with Gasteiger partial charge in [0.1, 0.15) is 0 Å². The van der Waals surface area contributed by atoms with Crippen molar-refractivity contribution < 1.29 is 9.21 Å². The summed E-state index contributed by atoms with van der Waals surface area (Å²) in [4.78, 5) is 11.7. The zero-order valence-electron chi connectivity index (χ0n) is 8.66. The monoisotopic (exact) mass is 279 g/mol. The molecule has 0 unspecified atom stereocenters. The molecule has 0 fully saturated rings. The molecule has 0 bridgehead atoms. The standard InChI is InChI=1S/C12H10BrNO2/c1-8-4-5-10(9(13)7-8)14-12(15)11-3-2-6-16-11/h2-7H,1H3,(H,14,15). The van der Waals surface area contributed by atoms with Crippen LogP contribution >= 0.6 is 15.9 Å². The number of anilines is 1. The summed E-state index contributed by atoms with van der Waals surface area (Å²) in [6, 6.07) is 9.02. The van der Waals surface area contributed by atoms with Crippen LogP contribution in [0.5, 0.6) is 0 Å². The lowest BCUT2D eigenvalue weighted by Gasteiger charge is -2.06. The summed E-state index contributed by atoms with van der Waals surface area (Å²) >= 11 is 3.39. The van der Waals surface area contributed by atoms with E-state index in [-0.39, 0.29) is 5.91 Å². The van der Waals surface area contributed by atoms with E-state index in [1.165, 1.54) is 6.26 Å². The maximum atomic E-state index is 11.7. The van der Waals surface area contributed by atoms with E-state index >= 15 is 0 Å². The van der Waals surface area contributed by atoms with Gasteiger partial charge >= 0.3 is 0 Å². The second-order valence-electron chi connectivity index (χ2n) is 3.41. The molecular formula is C12H10BrNO2. The second-order valence-corrected chi connectivity index (χ2v) is 4.27. The molecule has 4 heteroatoms. The number of hydrogen-bond donors (Lipinski definition) is 1. The van der Waals surface area contributed by atoms with E-state index < -0.39 is 0 Å². The first kappa shape index (κ1) is 11.0. The molecule has 0 aliphatic rings. The first-order valence-electron chi connectivity index (χ1n) is 4.78. The normalized spacial score (nSPS) is 10.1. The molecule has 1 aromatic carbocycles. The van der Waals surface area contributed by atoms with Gasteiger partial charge < -0.3 is 9.73 Å². The van der Waals surface area contributed by atoms with Gasteiger partial charge in [-0.2, -0.15) is 0 Å². The van der Waals surface area contributed by atoms with Crippen LogP contribution < -0.4 is 5.32 Å². The highest BCUT2D eigenvalue weighted by Gasteiger charge is 2.10. The lowest BCUT2D eigenvalue weighted by atomic mass is 10.2. The fraction of sp³-hybridized carbons (Fsp3) is 0.0833. The number of halogens is 1. The van der Waals surface area contributed by atoms with Gasteiger partial charge in [0.2, 0.25) is 0 Å². The van der Waals surface area contributed by atoms with E-state index in [1.807, 2.05) is 25.1 Å². The van der Waals surface area contributed by atoms with Gasteiger partial charge in [0.05, 0.1) is 12.0 Å². The van der Waals surface area contributed by atoms with Gasteiger partial charge in [0.25, 0.3) is 5.91 Å². The maximum absolute atomic E-state index is 11.7. The zero-order valence-corrected chi connectivity index (χ0v) is 10.2. The lowest BCUT2D eigenvalue weighted by Crippen LogP contribution is -2.11. The minimum Gasteiger partial charge on any atom is -0.459 e. The van der Waals surface area contributed by atoms with E-state index in [1.54, 1.807) is 12.1 Å². The van der Waals surface area contributed by atoms with Gasteiger partial charge in [-0.05, 0) is 52.7 Å². The molecule has 3 nitrogen and oxygen atoms in total. The predicted molar refractivity (Wildman–Crippen MR) is 65.5 cm³/mol. The smallest absolute Gasteiger partial charge is 0.291 e. The molecule has 16 heavy (non-hydrogen) atoms. The highest BCUT2D eigenvalue weighted by molar-refractivity contribution is 9.10. The molecule has 2 aromatic rings. The number of carbonyl (C=O) groups excluding carboxylic acids is 1. The Morgan fingerprint density at radius 1 is 1.38 bits per heavy atom. The number of nitrogens with one attached hydrogen (secondary N) is 1. The summed E-state index contributed by atoms with van der Waals surface area (Å²) < 4.78 is 5.86. The summed E-state index contributed by atoms with van der Waals surface area (Å²) in [5.41, 5.74) is 1.86. The van der Waals surface area contributed by atoms with E-state index in [4.69, 9.17) is 4.42 Å². The van der Waals surface area contributed by atoms with Crippen LogP contribution in [0.15, 0.2) is 45.5 Å². The molecule has 0 spiro atoms. The van der Waals surface area contributed by atoms with Gasteiger partial charge in [-0.3, -0.25) is 4.79 Å². The average molecular weight is 280 g/mol. The molecule has 0 radical (unpaired) electrons. The van der Waals surface area contributed by atoms with Crippen LogP contribution in [0, 0.1) is 6.92 Å². The Morgan fingerprint density at radius 2 is 2.19 bits per heavy atom. The topological polar surface area (TPSA) is 42.2 Å². The Labute approximate surface area is 102 Å². The highest BCUT2D eigenvalue weighted by Crippen LogP contribution is 2.23. The molecule has 0 saturated heterocycles. The number of amides is 1. The fourth-order valence-corrected chi connectivity index (χ4v) is 1.91. The van der Waals surface area contributed by atoms with Crippen LogP contribution in [-0.2, 0) is 0 Å². The van der Waals surface area contributed by atoms with Crippen molar-refractivity contribution in [2.75, 3.05) is 5.32 Å². The minimum absolute atomic E-state index is 0.255. The van der Waals surface area contributed by atoms with Gasteiger partial charge in [0, 0.05) is 4.47 Å². The summed E-state index contributed by atoms with van der Waals surface area (Å²) in [7, 11) is 0. The molecule has 1 amide bonds. The van der Waals surface area contributed by atoms with Crippen molar-refractivity contribution in [3.63, 3.8) is 0 Å². The molecule has 1 aromatic heterocycles. The quantitative estimate of drug-likeness (QED) is 0.913. The van der Waals surface area contributed by atoms with E-state index in [2.05, 4.69) is 21.2 Å². The molecule has 0 aliphatic heterocycles. The third-order valence-electron chi connectivity index (χ3n) is 2.12. The molecular weight excluding hydrogens is 270 g/mol. The van der Waals surface area contributed by atoms with E-state index in [0.717, 1.165) is 15.7 Å². The van der Waals surface area contributed by atoms with Crippen LogP contribution in [0.2, 0.25) is 0 Å². The Balaban J connectivity index is 2.18. The summed E-state index contributed by atoms with van der Waals surface area (Å²) in [5.74, 6) is 0.0435. The third kappa shape index (κ3) is 2.33. The number of benzene rings is 1. The van der Waals surface area contributed by atoms with Crippen molar-refractivity contribution >= 4 is 27.5 Å². The third-order valence-corrected chi connectivity index (χ3v) is 2.77. The van der Waals surface area contributed by atoms with Crippen LogP contribution in [0.1, 0.15) is 16.1 Å². The molecule has 0 atom stereocenters. The van der Waals surface area contributed by atoms with Gasteiger partial charge in [-0.25, -0.2) is 0 Å². The van der Waals surface area contributed by atoms with Crippen LogP contribution in [-0.4, -0.2) is 5.91 Å². The first-order chi connectivity index (χ1) is 7.66. The Kier molecular flexibility index (Phi) is 3.10. The maximum Gasteiger partial charge on any atom is 0.291 e. The molecule has 82 valence electrons. The van der Waals surface area contributed by atoms with Crippen molar-refractivity contribution in [3.05, 3.63) is 52.4 Å². The molecule has 0 aliphatic carbocycles. The number of furan rings is 1. The van der Waals surface area contributed by atoms with E-state index in [9.17, 15) is 4.79 Å². The molecule has 1 N–H and O–H groups in total. The van der Waals surface area contributed by atoms with Crippen molar-refractivity contribution in [3.8, 4) is 0 Å². The molecule has 0 saturated carbocycles. The summed E-state index contributed by atoms with van der Waals surface area (Å²) in [6.07, 6.45) is 1.47. The number of aryl methyl sites for hydroxylation is 1. The Morgan fingerprint density at radius 3 is 2.81 bits per heavy atom. The largest absolute Gasteiger partial charge is 0.459 e. The predicted octanol–water partition coefficient (Wildman–Crippen LogP) is 3.60. The summed E-state index contributed by atoms with van der Waals surface area (Å²) in [6.45, 7) is 1.99. The summed E-state index contributed by atoms with van der Waals surface area (Å²) in [5, 5.41) is 2.76. The van der Waals surface area contributed by atoms with Crippen molar-refractivity contribution in [1.29, 1.82) is 0 Å². The number of carbonyl (C=O) groups is 1. The zero-order chi connectivity index (χ0) is 11.5. The molecule has 2 rings (SSSR count). The SMILES string of the molecule is Cc1ccc(NC(=O)c2ccco2)c(Br)c1. The van der Waals surface area contributed by atoms with Gasteiger partial charge in [0.15, 0.2) is 5.76 Å². The average Bonchev–Trinajstić information content (AvgIpc) is 2.75. The molecule has 1 heterocycles. The van der Waals surface area contributed by atoms with Crippen LogP contribution in [0.25, 0.3) is 0 Å². The minimum atomic E-state index is -0.255.